The van der Waals surface area contributed by atoms with E-state index in [1.54, 1.807) is 0 Å². The van der Waals surface area contributed by atoms with Crippen LogP contribution in [-0.2, 0) is 4.79 Å². The van der Waals surface area contributed by atoms with Crippen LogP contribution in [0.5, 0.6) is 0 Å². The zero-order valence-electron chi connectivity index (χ0n) is 11.6. The van der Waals surface area contributed by atoms with Gasteiger partial charge >= 0.3 is 5.97 Å². The second-order valence-corrected chi connectivity index (χ2v) is 6.21. The Balaban J connectivity index is 2.24. The van der Waals surface area contributed by atoms with Crippen molar-refractivity contribution >= 4 is 44.9 Å². The molecule has 112 valence electrons. The molecule has 0 spiro atoms. The van der Waals surface area contributed by atoms with Gasteiger partial charge in [-0.3, -0.25) is 4.79 Å². The smallest absolute Gasteiger partial charge is 0.322 e. The van der Waals surface area contributed by atoms with Gasteiger partial charge in [0.05, 0.1) is 5.39 Å². The number of thiophene rings is 1. The van der Waals surface area contributed by atoms with E-state index in [1.807, 2.05) is 37.3 Å². The fourth-order valence-electron chi connectivity index (χ4n) is 2.33. The van der Waals surface area contributed by atoms with Gasteiger partial charge in [0, 0.05) is 10.4 Å². The van der Waals surface area contributed by atoms with E-state index < -0.39 is 5.97 Å². The molecule has 2 N–H and O–H groups in total. The van der Waals surface area contributed by atoms with Crippen molar-refractivity contribution in [1.29, 1.82) is 0 Å². The molecular weight excluding hydrogens is 322 g/mol. The van der Waals surface area contributed by atoms with Crippen LogP contribution in [0.15, 0.2) is 30.3 Å². The summed E-state index contributed by atoms with van der Waals surface area (Å²) in [7, 11) is 0. The number of anilines is 1. The number of benzene rings is 1. The molecule has 0 unspecified atom stereocenters. The summed E-state index contributed by atoms with van der Waals surface area (Å²) in [6.07, 6.45) is 0. The number of halogens is 1. The number of carboxylic acid groups (broad SMARTS) is 1. The Morgan fingerprint density at radius 1 is 1.32 bits per heavy atom. The number of nitrogens with one attached hydrogen (secondary N) is 1. The van der Waals surface area contributed by atoms with Gasteiger partial charge in [0.15, 0.2) is 0 Å². The molecule has 0 amide bonds. The van der Waals surface area contributed by atoms with E-state index in [0.29, 0.717) is 5.82 Å². The lowest BCUT2D eigenvalue weighted by Gasteiger charge is -2.08. The summed E-state index contributed by atoms with van der Waals surface area (Å²) in [5, 5.41) is 12.6. The average molecular weight is 334 g/mol. The van der Waals surface area contributed by atoms with Crippen molar-refractivity contribution in [2.75, 3.05) is 11.9 Å². The van der Waals surface area contributed by atoms with Crippen LogP contribution in [0.2, 0.25) is 5.28 Å². The number of aryl methyl sites for hydroxylation is 1. The molecule has 3 rings (SSSR count). The number of rotatable bonds is 4. The molecule has 7 heteroatoms. The molecule has 0 saturated carbocycles. The van der Waals surface area contributed by atoms with Crippen molar-refractivity contribution in [3.05, 3.63) is 40.5 Å². The Morgan fingerprint density at radius 2 is 2.05 bits per heavy atom. The fourth-order valence-corrected chi connectivity index (χ4v) is 3.59. The van der Waals surface area contributed by atoms with Gasteiger partial charge in [-0.2, -0.15) is 0 Å². The van der Waals surface area contributed by atoms with Crippen LogP contribution in [-0.4, -0.2) is 27.6 Å². The molecule has 0 atom stereocenters. The number of nitrogens with zero attached hydrogens (tertiary/aromatic N) is 2. The Labute approximate surface area is 135 Å². The van der Waals surface area contributed by atoms with Crippen LogP contribution >= 0.6 is 22.9 Å². The minimum Gasteiger partial charge on any atom is -0.480 e. The lowest BCUT2D eigenvalue weighted by atomic mass is 10.0. The maximum Gasteiger partial charge on any atom is 0.322 e. The van der Waals surface area contributed by atoms with Gasteiger partial charge in [0.1, 0.15) is 17.2 Å². The quantitative estimate of drug-likeness (QED) is 0.710. The Bertz CT molecular complexity index is 849. The molecule has 0 saturated heterocycles. The second kappa shape index (κ2) is 5.90. The predicted molar refractivity (Wildman–Crippen MR) is 88.7 cm³/mol. The molecule has 3 aromatic rings. The molecule has 1 aromatic carbocycles. The summed E-state index contributed by atoms with van der Waals surface area (Å²) in [6, 6.07) is 9.87. The van der Waals surface area contributed by atoms with Gasteiger partial charge in [-0.15, -0.1) is 11.3 Å². The average Bonchev–Trinajstić information content (AvgIpc) is 2.81. The normalized spacial score (nSPS) is 10.8. The van der Waals surface area contributed by atoms with Gasteiger partial charge in [0.2, 0.25) is 5.28 Å². The first kappa shape index (κ1) is 14.7. The van der Waals surface area contributed by atoms with Gasteiger partial charge < -0.3 is 10.4 Å². The van der Waals surface area contributed by atoms with E-state index in [4.69, 9.17) is 16.7 Å². The summed E-state index contributed by atoms with van der Waals surface area (Å²) >= 11 is 7.46. The Kier molecular flexibility index (Phi) is 3.96. The molecule has 0 aliphatic carbocycles. The van der Waals surface area contributed by atoms with Crippen molar-refractivity contribution in [3.8, 4) is 11.1 Å². The molecule has 0 aliphatic heterocycles. The van der Waals surface area contributed by atoms with Crippen molar-refractivity contribution in [3.63, 3.8) is 0 Å². The standard InChI is InChI=1S/C15H12ClN3O2S/c1-8-11(9-5-3-2-4-6-9)12-13(17-7-10(20)21)18-15(16)19-14(12)22-8/h2-6H,7H2,1H3,(H,20,21)(H,17,18,19). The van der Waals surface area contributed by atoms with Crippen molar-refractivity contribution in [2.45, 2.75) is 6.92 Å². The predicted octanol–water partition coefficient (Wildman–Crippen LogP) is 3.82. The SMILES string of the molecule is Cc1sc2nc(Cl)nc(NCC(=O)O)c2c1-c1ccccc1. The molecule has 0 bridgehead atoms. The number of hydrogen-bond donors (Lipinski definition) is 2. The molecular formula is C15H12ClN3O2S. The topological polar surface area (TPSA) is 75.1 Å². The van der Waals surface area contributed by atoms with E-state index in [9.17, 15) is 4.79 Å². The number of fused-ring (bicyclic) bond motifs is 1. The third-order valence-corrected chi connectivity index (χ3v) is 4.34. The van der Waals surface area contributed by atoms with Gasteiger partial charge in [-0.25, -0.2) is 9.97 Å². The molecule has 0 fully saturated rings. The third kappa shape index (κ3) is 2.75. The summed E-state index contributed by atoms with van der Waals surface area (Å²) < 4.78 is 0. The van der Waals surface area contributed by atoms with Crippen LogP contribution in [0.4, 0.5) is 5.82 Å². The van der Waals surface area contributed by atoms with Gasteiger partial charge in [-0.05, 0) is 24.1 Å². The molecule has 22 heavy (non-hydrogen) atoms. The highest BCUT2D eigenvalue weighted by molar-refractivity contribution is 7.19. The highest BCUT2D eigenvalue weighted by atomic mass is 35.5. The monoisotopic (exact) mass is 333 g/mol. The zero-order valence-corrected chi connectivity index (χ0v) is 13.2. The molecule has 0 aliphatic rings. The van der Waals surface area contributed by atoms with Crippen molar-refractivity contribution in [1.82, 2.24) is 9.97 Å². The number of aromatic nitrogens is 2. The maximum atomic E-state index is 10.8. The van der Waals surface area contributed by atoms with Crippen LogP contribution in [0, 0.1) is 6.92 Å². The van der Waals surface area contributed by atoms with E-state index in [0.717, 1.165) is 26.2 Å². The second-order valence-electron chi connectivity index (χ2n) is 4.67. The number of aliphatic carboxylic acids is 1. The largest absolute Gasteiger partial charge is 0.480 e. The van der Waals surface area contributed by atoms with Gasteiger partial charge in [0.25, 0.3) is 0 Å². The Hall–Kier alpha value is -2.18. The first-order valence-electron chi connectivity index (χ1n) is 6.54. The molecule has 2 aromatic heterocycles. The van der Waals surface area contributed by atoms with E-state index in [1.165, 1.54) is 11.3 Å². The Morgan fingerprint density at radius 3 is 2.73 bits per heavy atom. The van der Waals surface area contributed by atoms with Crippen molar-refractivity contribution < 1.29 is 9.90 Å². The van der Waals surface area contributed by atoms with Crippen LogP contribution < -0.4 is 5.32 Å². The summed E-state index contributed by atoms with van der Waals surface area (Å²) in [5.41, 5.74) is 2.04. The third-order valence-electron chi connectivity index (χ3n) is 3.17. The minimum atomic E-state index is -0.962. The van der Waals surface area contributed by atoms with E-state index in [2.05, 4.69) is 15.3 Å². The fraction of sp³-hybridized carbons (Fsp3) is 0.133. The maximum absolute atomic E-state index is 10.8. The van der Waals surface area contributed by atoms with Crippen LogP contribution in [0.3, 0.4) is 0 Å². The first-order valence-corrected chi connectivity index (χ1v) is 7.73. The minimum absolute atomic E-state index is 0.0984. The summed E-state index contributed by atoms with van der Waals surface area (Å²) in [4.78, 5) is 21.1. The highest BCUT2D eigenvalue weighted by Gasteiger charge is 2.18. The number of hydrogen-bond acceptors (Lipinski definition) is 5. The van der Waals surface area contributed by atoms with Crippen LogP contribution in [0.25, 0.3) is 21.3 Å². The van der Waals surface area contributed by atoms with Crippen LogP contribution in [0.1, 0.15) is 4.88 Å². The highest BCUT2D eigenvalue weighted by Crippen LogP contribution is 2.40. The lowest BCUT2D eigenvalue weighted by Crippen LogP contribution is -2.13. The zero-order chi connectivity index (χ0) is 15.7. The van der Waals surface area contributed by atoms with E-state index >= 15 is 0 Å². The summed E-state index contributed by atoms with van der Waals surface area (Å²) in [6.45, 7) is 1.77. The lowest BCUT2D eigenvalue weighted by molar-refractivity contribution is -0.134. The molecule has 0 radical (unpaired) electrons. The summed E-state index contributed by atoms with van der Waals surface area (Å²) in [5.74, 6) is -0.517. The molecule has 5 nitrogen and oxygen atoms in total. The molecule has 2 heterocycles. The number of carbonyl (C=O) groups is 1. The van der Waals surface area contributed by atoms with E-state index in [-0.39, 0.29) is 11.8 Å². The number of carboxylic acids is 1. The first-order chi connectivity index (χ1) is 10.6. The van der Waals surface area contributed by atoms with Gasteiger partial charge in [-0.1, -0.05) is 30.3 Å². The van der Waals surface area contributed by atoms with Crippen molar-refractivity contribution in [2.24, 2.45) is 0 Å².